The number of hydrogen-bond donors (Lipinski definition) is 1. The molecule has 2 bridgehead atoms. The fraction of sp³-hybridized carbons (Fsp3) is 0.647. The Bertz CT molecular complexity index is 512. The summed E-state index contributed by atoms with van der Waals surface area (Å²) < 4.78 is 39.8. The molecule has 0 radical (unpaired) electrons. The Morgan fingerprint density at radius 3 is 2.18 bits per heavy atom. The summed E-state index contributed by atoms with van der Waals surface area (Å²) >= 11 is 0. The van der Waals surface area contributed by atoms with Crippen molar-refractivity contribution in [2.24, 2.45) is 0 Å². The Labute approximate surface area is 129 Å². The maximum absolute atomic E-state index is 13.4. The summed E-state index contributed by atoms with van der Waals surface area (Å²) in [4.78, 5) is 2.48. The second-order valence-electron chi connectivity index (χ2n) is 6.76. The van der Waals surface area contributed by atoms with Crippen LogP contribution >= 0.6 is 0 Å². The molecule has 2 saturated heterocycles. The molecule has 3 atom stereocenters. The molecule has 2 fully saturated rings. The molecule has 0 aromatic heterocycles. The minimum atomic E-state index is -1.40. The van der Waals surface area contributed by atoms with Crippen LogP contribution < -0.4 is 5.32 Å². The Morgan fingerprint density at radius 1 is 1.09 bits per heavy atom. The van der Waals surface area contributed by atoms with Crippen LogP contribution in [0.15, 0.2) is 12.1 Å². The average molecular weight is 312 g/mol. The summed E-state index contributed by atoms with van der Waals surface area (Å²) in [6, 6.07) is 3.52. The number of benzene rings is 1. The Hall–Kier alpha value is -1.07. The highest BCUT2D eigenvalue weighted by atomic mass is 19.2. The highest BCUT2D eigenvalue weighted by Gasteiger charge is 2.36. The molecule has 1 N–H and O–H groups in total. The Kier molecular flexibility index (Phi) is 4.46. The zero-order valence-electron chi connectivity index (χ0n) is 13.1. The number of halogens is 3. The van der Waals surface area contributed by atoms with Crippen molar-refractivity contribution in [1.29, 1.82) is 0 Å². The molecule has 2 nitrogen and oxygen atoms in total. The van der Waals surface area contributed by atoms with Crippen LogP contribution in [0.1, 0.15) is 50.6 Å². The average Bonchev–Trinajstić information content (AvgIpc) is 2.45. The van der Waals surface area contributed by atoms with Crippen molar-refractivity contribution in [3.05, 3.63) is 35.1 Å². The standard InChI is InChI=1S/C17H23F3N2/c1-10(11-6-15(18)17(20)16(19)7-11)21-12-8-13-4-3-5-14(9-12)22(13)2/h6-7,10,12-14,21H,3-5,8-9H2,1-2H3. The molecule has 1 aromatic rings. The molecule has 2 heterocycles. The van der Waals surface area contributed by atoms with Gasteiger partial charge in [-0.15, -0.1) is 0 Å². The fourth-order valence-corrected chi connectivity index (χ4v) is 4.03. The van der Waals surface area contributed by atoms with Crippen molar-refractivity contribution in [2.75, 3.05) is 7.05 Å². The van der Waals surface area contributed by atoms with Crippen LogP contribution in [-0.4, -0.2) is 30.1 Å². The summed E-state index contributed by atoms with van der Waals surface area (Å²) in [6.45, 7) is 1.88. The van der Waals surface area contributed by atoms with Gasteiger partial charge in [-0.05, 0) is 57.4 Å². The molecule has 0 amide bonds. The van der Waals surface area contributed by atoms with E-state index in [4.69, 9.17) is 0 Å². The molecule has 5 heteroatoms. The van der Waals surface area contributed by atoms with Crippen molar-refractivity contribution < 1.29 is 13.2 Å². The first-order valence-electron chi connectivity index (χ1n) is 8.08. The van der Waals surface area contributed by atoms with Gasteiger partial charge in [-0.1, -0.05) is 6.42 Å². The maximum atomic E-state index is 13.4. The monoisotopic (exact) mass is 312 g/mol. The van der Waals surface area contributed by atoms with E-state index in [0.717, 1.165) is 25.0 Å². The number of rotatable bonds is 3. The van der Waals surface area contributed by atoms with E-state index < -0.39 is 17.5 Å². The van der Waals surface area contributed by atoms with Crippen LogP contribution in [-0.2, 0) is 0 Å². The number of hydrogen-bond acceptors (Lipinski definition) is 2. The van der Waals surface area contributed by atoms with Crippen LogP contribution in [0.3, 0.4) is 0 Å². The van der Waals surface area contributed by atoms with Crippen molar-refractivity contribution in [3.8, 4) is 0 Å². The van der Waals surface area contributed by atoms with Crippen molar-refractivity contribution in [2.45, 2.75) is 63.2 Å². The molecule has 2 aliphatic heterocycles. The van der Waals surface area contributed by atoms with E-state index in [-0.39, 0.29) is 6.04 Å². The Morgan fingerprint density at radius 2 is 1.64 bits per heavy atom. The summed E-state index contributed by atoms with van der Waals surface area (Å²) in [7, 11) is 2.19. The molecule has 1 aromatic carbocycles. The number of nitrogens with zero attached hydrogens (tertiary/aromatic N) is 1. The summed E-state index contributed by atoms with van der Waals surface area (Å²) in [5.41, 5.74) is 0.459. The molecular formula is C17H23F3N2. The maximum Gasteiger partial charge on any atom is 0.194 e. The van der Waals surface area contributed by atoms with Gasteiger partial charge in [0.2, 0.25) is 0 Å². The molecule has 0 saturated carbocycles. The van der Waals surface area contributed by atoms with Crippen LogP contribution in [0.2, 0.25) is 0 Å². The largest absolute Gasteiger partial charge is 0.307 e. The van der Waals surface area contributed by atoms with Gasteiger partial charge in [0.05, 0.1) is 0 Å². The van der Waals surface area contributed by atoms with Gasteiger partial charge in [0.15, 0.2) is 17.5 Å². The van der Waals surface area contributed by atoms with Gasteiger partial charge in [-0.2, -0.15) is 0 Å². The third-order valence-corrected chi connectivity index (χ3v) is 5.33. The van der Waals surface area contributed by atoms with Gasteiger partial charge >= 0.3 is 0 Å². The molecule has 122 valence electrons. The SMILES string of the molecule is CC(NC1CC2CCCC(C1)N2C)c1cc(F)c(F)c(F)c1. The van der Waals surface area contributed by atoms with Gasteiger partial charge < -0.3 is 10.2 Å². The normalized spacial score (nSPS) is 30.3. The zero-order valence-corrected chi connectivity index (χ0v) is 13.1. The predicted molar refractivity (Wildman–Crippen MR) is 80.1 cm³/mol. The molecular weight excluding hydrogens is 289 g/mol. The van der Waals surface area contributed by atoms with Gasteiger partial charge in [-0.3, -0.25) is 0 Å². The summed E-state index contributed by atoms with van der Waals surface area (Å²) in [6.07, 6.45) is 5.85. The van der Waals surface area contributed by atoms with E-state index >= 15 is 0 Å². The zero-order chi connectivity index (χ0) is 15.9. The van der Waals surface area contributed by atoms with Crippen LogP contribution in [0.5, 0.6) is 0 Å². The lowest BCUT2D eigenvalue weighted by atomic mass is 9.82. The quantitative estimate of drug-likeness (QED) is 0.855. The third-order valence-electron chi connectivity index (χ3n) is 5.33. The van der Waals surface area contributed by atoms with Gasteiger partial charge in [0.1, 0.15) is 0 Å². The second kappa shape index (κ2) is 6.20. The van der Waals surface area contributed by atoms with E-state index in [1.807, 2.05) is 6.92 Å². The second-order valence-corrected chi connectivity index (χ2v) is 6.76. The summed E-state index contributed by atoms with van der Waals surface area (Å²) in [5.74, 6) is -3.64. The molecule has 3 rings (SSSR count). The number of nitrogens with one attached hydrogen (secondary N) is 1. The lowest BCUT2D eigenvalue weighted by Gasteiger charge is -2.47. The lowest BCUT2D eigenvalue weighted by molar-refractivity contribution is 0.0462. The van der Waals surface area contributed by atoms with Crippen LogP contribution in [0.4, 0.5) is 13.2 Å². The highest BCUT2D eigenvalue weighted by molar-refractivity contribution is 5.22. The molecule has 0 spiro atoms. The van der Waals surface area contributed by atoms with Crippen LogP contribution in [0.25, 0.3) is 0 Å². The molecule has 0 aliphatic carbocycles. The van der Waals surface area contributed by atoms with Crippen LogP contribution in [0, 0.1) is 17.5 Å². The Balaban J connectivity index is 1.68. The summed E-state index contributed by atoms with van der Waals surface area (Å²) in [5, 5.41) is 3.48. The van der Waals surface area contributed by atoms with Crippen molar-refractivity contribution in [3.63, 3.8) is 0 Å². The minimum absolute atomic E-state index is 0.196. The van der Waals surface area contributed by atoms with Crippen molar-refractivity contribution in [1.82, 2.24) is 10.2 Å². The van der Waals surface area contributed by atoms with E-state index in [0.29, 0.717) is 23.7 Å². The smallest absolute Gasteiger partial charge is 0.194 e. The first-order chi connectivity index (χ1) is 10.5. The molecule has 3 unspecified atom stereocenters. The predicted octanol–water partition coefficient (Wildman–Crippen LogP) is 3.77. The molecule has 22 heavy (non-hydrogen) atoms. The van der Waals surface area contributed by atoms with E-state index in [1.54, 1.807) is 0 Å². The highest BCUT2D eigenvalue weighted by Crippen LogP contribution is 2.33. The number of piperidine rings is 2. The first-order valence-corrected chi connectivity index (χ1v) is 8.08. The third kappa shape index (κ3) is 3.01. The molecule has 2 aliphatic rings. The topological polar surface area (TPSA) is 15.3 Å². The lowest BCUT2D eigenvalue weighted by Crippen LogP contribution is -2.54. The minimum Gasteiger partial charge on any atom is -0.307 e. The van der Waals surface area contributed by atoms with E-state index in [9.17, 15) is 13.2 Å². The number of fused-ring (bicyclic) bond motifs is 2. The fourth-order valence-electron chi connectivity index (χ4n) is 4.03. The van der Waals surface area contributed by atoms with Gasteiger partial charge in [0, 0.05) is 24.2 Å². The van der Waals surface area contributed by atoms with Crippen molar-refractivity contribution >= 4 is 0 Å². The van der Waals surface area contributed by atoms with Gasteiger partial charge in [0.25, 0.3) is 0 Å². The van der Waals surface area contributed by atoms with E-state index in [1.165, 1.54) is 19.3 Å². The first kappa shape index (κ1) is 15.8. The van der Waals surface area contributed by atoms with Gasteiger partial charge in [-0.25, -0.2) is 13.2 Å². The van der Waals surface area contributed by atoms with E-state index in [2.05, 4.69) is 17.3 Å².